The second-order valence-electron chi connectivity index (χ2n) is 21.9. The molecule has 0 fully saturated rings. The number of aromatic nitrogens is 2. The van der Waals surface area contributed by atoms with Crippen molar-refractivity contribution in [2.75, 3.05) is 0 Å². The highest BCUT2D eigenvalue weighted by Gasteiger charge is 2.46. The summed E-state index contributed by atoms with van der Waals surface area (Å²) in [5.74, 6) is 0. The summed E-state index contributed by atoms with van der Waals surface area (Å²) in [7, 11) is -3.29. The van der Waals surface area contributed by atoms with Crippen LogP contribution in [-0.2, 0) is 0 Å². The first-order valence-corrected chi connectivity index (χ1v) is 30.5. The molecule has 5 heteroatoms. The van der Waals surface area contributed by atoms with Crippen LogP contribution in [0.25, 0.3) is 132 Å². The van der Waals surface area contributed by atoms with Crippen molar-refractivity contribution in [3.05, 3.63) is 303 Å². The fraction of sp³-hybridized carbons (Fsp3) is 0. The Morgan fingerprint density at radius 1 is 0.253 bits per heavy atom. The SMILES string of the molecule is c1ccc([Si](c2ccccc2)(c2cccc3c2oc2ccc(-c4cccc(-c5ccc(-n6c7ccccc7c7ccccc76)cc5)c4)cc23)c2cccc3c2oc2ccc(-c4ccccc4-n4c5ccccc5c5ccccc54)cc23)cc1. The predicted molar refractivity (Wildman–Crippen MR) is 350 cm³/mol. The maximum absolute atomic E-state index is 7.29. The maximum Gasteiger partial charge on any atom is 0.188 e. The fourth-order valence-corrected chi connectivity index (χ4v) is 18.8. The van der Waals surface area contributed by atoms with Crippen molar-refractivity contribution in [1.29, 1.82) is 0 Å². The molecule has 4 nitrogen and oxygen atoms in total. The molecule has 0 amide bonds. The summed E-state index contributed by atoms with van der Waals surface area (Å²) in [5, 5.41) is 14.2. The molecule has 0 bridgehead atoms. The summed E-state index contributed by atoms with van der Waals surface area (Å²) in [6.45, 7) is 0. The number of rotatable bonds is 9. The quantitative estimate of drug-likeness (QED) is 0.107. The van der Waals surface area contributed by atoms with Crippen LogP contribution in [0.3, 0.4) is 0 Å². The summed E-state index contributed by atoms with van der Waals surface area (Å²) < 4.78 is 19.3. The van der Waals surface area contributed by atoms with Crippen molar-refractivity contribution < 1.29 is 8.83 Å². The molecule has 17 aromatic rings. The van der Waals surface area contributed by atoms with Crippen LogP contribution in [0.2, 0.25) is 0 Å². The minimum Gasteiger partial charge on any atom is -0.456 e. The van der Waals surface area contributed by atoms with Gasteiger partial charge in [-0.25, -0.2) is 0 Å². The number of fused-ring (bicyclic) bond motifs is 12. The van der Waals surface area contributed by atoms with Crippen LogP contribution in [0.1, 0.15) is 0 Å². The highest BCUT2D eigenvalue weighted by molar-refractivity contribution is 7.21. The molecule has 0 aliphatic carbocycles. The molecule has 4 aromatic heterocycles. The van der Waals surface area contributed by atoms with Gasteiger partial charge in [-0.1, -0.05) is 231 Å². The van der Waals surface area contributed by atoms with Gasteiger partial charge in [-0.2, -0.15) is 0 Å². The van der Waals surface area contributed by atoms with Crippen LogP contribution >= 0.6 is 0 Å². The van der Waals surface area contributed by atoms with E-state index in [-0.39, 0.29) is 0 Å². The largest absolute Gasteiger partial charge is 0.456 e. The minimum absolute atomic E-state index is 0.851. The van der Waals surface area contributed by atoms with Crippen molar-refractivity contribution in [2.24, 2.45) is 0 Å². The number of nitrogens with zero attached hydrogens (tertiary/aromatic N) is 2. The van der Waals surface area contributed by atoms with Crippen molar-refractivity contribution in [1.82, 2.24) is 9.13 Å². The van der Waals surface area contributed by atoms with E-state index in [4.69, 9.17) is 8.83 Å². The molecule has 0 aliphatic heterocycles. The van der Waals surface area contributed by atoms with Gasteiger partial charge < -0.3 is 18.0 Å². The lowest BCUT2D eigenvalue weighted by molar-refractivity contribution is 0.670. The lowest BCUT2D eigenvalue weighted by Crippen LogP contribution is -2.75. The summed E-state index contributed by atoms with van der Waals surface area (Å²) in [6, 6.07) is 111. The summed E-state index contributed by atoms with van der Waals surface area (Å²) in [6.07, 6.45) is 0. The highest BCUT2D eigenvalue weighted by Crippen LogP contribution is 2.41. The number of furan rings is 2. The van der Waals surface area contributed by atoms with Gasteiger partial charge in [-0.3, -0.25) is 0 Å². The number of hydrogen-bond acceptors (Lipinski definition) is 2. The summed E-state index contributed by atoms with van der Waals surface area (Å²) in [5.41, 5.74) is 17.4. The fourth-order valence-electron chi connectivity index (χ4n) is 13.8. The predicted octanol–water partition coefficient (Wildman–Crippen LogP) is 18.1. The standard InChI is InChI=1S/C78H50N2O2Si/c1-3-22-57(23-4-1)83(58-24-5-2-6-25-58,76-39-19-32-65-67-50-55(43-47-74(67)82-78(65)76)59-26-7-12-33-68(59)80-71-36-15-10-29-62(71)63-30-11-16-37-72(63)80)75-38-18-31-64-66-49-54(42-46-73(66)81-77(64)75)53-21-17-20-52(48-53)51-40-44-56(45-41-51)79-69-34-13-8-27-60(69)61-28-9-14-35-70(61)79/h1-50H. The number of benzene rings is 13. The van der Waals surface area contributed by atoms with Gasteiger partial charge in [0.25, 0.3) is 0 Å². The highest BCUT2D eigenvalue weighted by atomic mass is 28.3. The molecule has 83 heavy (non-hydrogen) atoms. The van der Waals surface area contributed by atoms with Crippen molar-refractivity contribution in [2.45, 2.75) is 0 Å². The van der Waals surface area contributed by atoms with Crippen LogP contribution in [-0.4, -0.2) is 17.2 Å². The van der Waals surface area contributed by atoms with E-state index in [1.807, 2.05) is 0 Å². The molecule has 0 aliphatic rings. The van der Waals surface area contributed by atoms with Gasteiger partial charge in [-0.15, -0.1) is 0 Å². The van der Waals surface area contributed by atoms with E-state index in [0.29, 0.717) is 0 Å². The maximum atomic E-state index is 7.29. The monoisotopic (exact) mass is 1070 g/mol. The average Bonchev–Trinajstić information content (AvgIpc) is 3.84. The Bertz CT molecular complexity index is 5250. The molecular formula is C78H50N2O2Si. The minimum atomic E-state index is -3.29. The van der Waals surface area contributed by atoms with Gasteiger partial charge in [0.1, 0.15) is 22.3 Å². The molecule has 0 N–H and O–H groups in total. The van der Waals surface area contributed by atoms with E-state index in [2.05, 4.69) is 312 Å². The van der Waals surface area contributed by atoms with Gasteiger partial charge >= 0.3 is 0 Å². The summed E-state index contributed by atoms with van der Waals surface area (Å²) in [4.78, 5) is 0. The molecule has 0 saturated carbocycles. The molecule has 0 saturated heterocycles. The Balaban J connectivity index is 0.802. The third-order valence-electron chi connectivity index (χ3n) is 17.5. The first-order chi connectivity index (χ1) is 41.2. The van der Waals surface area contributed by atoms with Crippen LogP contribution in [0.15, 0.2) is 312 Å². The smallest absolute Gasteiger partial charge is 0.188 e. The average molecular weight is 1080 g/mol. The molecule has 0 atom stereocenters. The van der Waals surface area contributed by atoms with Gasteiger partial charge in [-0.05, 0) is 121 Å². The first-order valence-electron chi connectivity index (χ1n) is 28.5. The third kappa shape index (κ3) is 7.18. The topological polar surface area (TPSA) is 36.1 Å². The van der Waals surface area contributed by atoms with Crippen LogP contribution < -0.4 is 20.7 Å². The van der Waals surface area contributed by atoms with Crippen LogP contribution in [0.4, 0.5) is 0 Å². The van der Waals surface area contributed by atoms with E-state index in [9.17, 15) is 0 Å². The van der Waals surface area contributed by atoms with E-state index >= 15 is 0 Å². The molecule has 13 aromatic carbocycles. The van der Waals surface area contributed by atoms with E-state index in [1.54, 1.807) is 0 Å². The van der Waals surface area contributed by atoms with Crippen LogP contribution in [0.5, 0.6) is 0 Å². The lowest BCUT2D eigenvalue weighted by atomic mass is 9.98. The zero-order valence-corrected chi connectivity index (χ0v) is 46.1. The van der Waals surface area contributed by atoms with E-state index < -0.39 is 8.07 Å². The van der Waals surface area contributed by atoms with E-state index in [0.717, 1.165) is 83.1 Å². The Kier molecular flexibility index (Phi) is 10.6. The van der Waals surface area contributed by atoms with Gasteiger partial charge in [0.05, 0.1) is 27.8 Å². The second kappa shape index (κ2) is 18.7. The Morgan fingerprint density at radius 2 is 0.651 bits per heavy atom. The van der Waals surface area contributed by atoms with E-state index in [1.165, 1.54) is 69.9 Å². The zero-order valence-electron chi connectivity index (χ0n) is 45.1. The Morgan fingerprint density at radius 3 is 1.19 bits per heavy atom. The zero-order chi connectivity index (χ0) is 54.6. The second-order valence-corrected chi connectivity index (χ2v) is 25.6. The van der Waals surface area contributed by atoms with Gasteiger partial charge in [0.15, 0.2) is 8.07 Å². The Labute approximate surface area is 479 Å². The molecule has 0 unspecified atom stereocenters. The van der Waals surface area contributed by atoms with Crippen molar-refractivity contribution in [3.8, 4) is 44.8 Å². The molecule has 4 heterocycles. The number of para-hydroxylation sites is 7. The molecule has 17 rings (SSSR count). The van der Waals surface area contributed by atoms with Crippen LogP contribution in [0, 0.1) is 0 Å². The summed E-state index contributed by atoms with van der Waals surface area (Å²) >= 11 is 0. The van der Waals surface area contributed by atoms with Crippen molar-refractivity contribution in [3.63, 3.8) is 0 Å². The lowest BCUT2D eigenvalue weighted by Gasteiger charge is -2.34. The van der Waals surface area contributed by atoms with Gasteiger partial charge in [0.2, 0.25) is 0 Å². The molecule has 388 valence electrons. The van der Waals surface area contributed by atoms with Crippen molar-refractivity contribution >= 4 is 116 Å². The normalized spacial score (nSPS) is 12.1. The first kappa shape index (κ1) is 47.1. The van der Waals surface area contributed by atoms with Gasteiger partial charge in [0, 0.05) is 54.3 Å². The molecule has 0 spiro atoms. The third-order valence-corrected chi connectivity index (χ3v) is 22.3. The number of hydrogen-bond donors (Lipinski definition) is 0. The Hall–Kier alpha value is -10.7. The molecule has 0 radical (unpaired) electrons. The molecular weight excluding hydrogens is 1020 g/mol.